The summed E-state index contributed by atoms with van der Waals surface area (Å²) in [5, 5.41) is 0. The minimum absolute atomic E-state index is 0.123. The van der Waals surface area contributed by atoms with E-state index in [1.165, 1.54) is 11.9 Å². The van der Waals surface area contributed by atoms with Crippen LogP contribution in [-0.4, -0.2) is 67.0 Å². The molecule has 2 atom stereocenters. The van der Waals surface area contributed by atoms with Crippen molar-refractivity contribution in [1.82, 2.24) is 9.21 Å². The Bertz CT molecular complexity index is 553. The number of amides is 1. The SMILES string of the molecule is C[C@@H]1CCC[C@H](C(=O)OC(C)(C)C)N1C(=O)CN(C)S(C)(=O)=O. The molecule has 0 saturated carbocycles. The van der Waals surface area contributed by atoms with Gasteiger partial charge in [0, 0.05) is 13.1 Å². The lowest BCUT2D eigenvalue weighted by molar-refractivity contribution is -0.168. The van der Waals surface area contributed by atoms with E-state index >= 15 is 0 Å². The molecule has 0 N–H and O–H groups in total. The fourth-order valence-electron chi connectivity index (χ4n) is 2.60. The van der Waals surface area contributed by atoms with Crippen molar-refractivity contribution in [2.75, 3.05) is 19.8 Å². The molecule has 7 nitrogen and oxygen atoms in total. The number of carbonyl (C=O) groups is 2. The van der Waals surface area contributed by atoms with Crippen molar-refractivity contribution in [3.05, 3.63) is 0 Å². The number of likely N-dealkylation sites (N-methyl/N-ethyl adjacent to an activating group) is 1. The minimum Gasteiger partial charge on any atom is -0.458 e. The molecule has 8 heteroatoms. The van der Waals surface area contributed by atoms with E-state index in [1.807, 2.05) is 6.92 Å². The Labute approximate surface area is 139 Å². The lowest BCUT2D eigenvalue weighted by atomic mass is 9.96. The van der Waals surface area contributed by atoms with Gasteiger partial charge in [-0.25, -0.2) is 13.2 Å². The molecular formula is C15H28N2O5S. The summed E-state index contributed by atoms with van der Waals surface area (Å²) in [6, 6.07) is -0.778. The van der Waals surface area contributed by atoms with Crippen LogP contribution in [0.5, 0.6) is 0 Å². The summed E-state index contributed by atoms with van der Waals surface area (Å²) < 4.78 is 29.4. The number of hydrogen-bond donors (Lipinski definition) is 0. The molecule has 134 valence electrons. The summed E-state index contributed by atoms with van der Waals surface area (Å²) in [6.07, 6.45) is 3.20. The van der Waals surface area contributed by atoms with Gasteiger partial charge in [-0.3, -0.25) is 4.79 Å². The standard InChI is InChI=1S/C15H28N2O5S/c1-11-8-7-9-12(14(19)22-15(2,3)4)17(11)13(18)10-16(5)23(6,20)21/h11-12H,7-10H2,1-6H3/t11-,12-/m1/s1. The van der Waals surface area contributed by atoms with Gasteiger partial charge in [0.05, 0.1) is 12.8 Å². The van der Waals surface area contributed by atoms with Crippen molar-refractivity contribution in [3.8, 4) is 0 Å². The third kappa shape index (κ3) is 5.76. The quantitative estimate of drug-likeness (QED) is 0.708. The Hall–Kier alpha value is -1.15. The summed E-state index contributed by atoms with van der Waals surface area (Å²) in [4.78, 5) is 26.5. The molecule has 1 amide bonds. The van der Waals surface area contributed by atoms with Gasteiger partial charge in [-0.05, 0) is 47.0 Å². The molecule has 0 aromatic carbocycles. The molecule has 1 aliphatic heterocycles. The second kappa shape index (κ2) is 7.17. The number of sulfonamides is 1. The first kappa shape index (κ1) is 19.9. The van der Waals surface area contributed by atoms with E-state index in [0.29, 0.717) is 6.42 Å². The zero-order chi connectivity index (χ0) is 18.0. The summed E-state index contributed by atoms with van der Waals surface area (Å²) >= 11 is 0. The molecule has 1 fully saturated rings. The monoisotopic (exact) mass is 348 g/mol. The van der Waals surface area contributed by atoms with Crippen LogP contribution in [0, 0.1) is 0 Å². The van der Waals surface area contributed by atoms with Crippen molar-refractivity contribution < 1.29 is 22.7 Å². The summed E-state index contributed by atoms with van der Waals surface area (Å²) in [7, 11) is -2.10. The molecule has 0 aliphatic carbocycles. The van der Waals surface area contributed by atoms with Crippen LogP contribution < -0.4 is 0 Å². The third-order valence-corrected chi connectivity index (χ3v) is 5.06. The molecule has 0 aromatic rings. The van der Waals surface area contributed by atoms with Gasteiger partial charge in [0.2, 0.25) is 15.9 Å². The molecule has 0 spiro atoms. The highest BCUT2D eigenvalue weighted by atomic mass is 32.2. The molecule has 0 aromatic heterocycles. The van der Waals surface area contributed by atoms with Gasteiger partial charge in [-0.1, -0.05) is 0 Å². The minimum atomic E-state index is -3.45. The lowest BCUT2D eigenvalue weighted by Crippen LogP contribution is -2.56. The Morgan fingerprint density at radius 1 is 1.26 bits per heavy atom. The van der Waals surface area contributed by atoms with Crippen LogP contribution in [0.2, 0.25) is 0 Å². The number of likely N-dealkylation sites (tertiary alicyclic amines) is 1. The maximum atomic E-state index is 12.6. The lowest BCUT2D eigenvalue weighted by Gasteiger charge is -2.40. The molecule has 0 radical (unpaired) electrons. The maximum Gasteiger partial charge on any atom is 0.329 e. The largest absolute Gasteiger partial charge is 0.458 e. The van der Waals surface area contributed by atoms with Crippen molar-refractivity contribution in [2.45, 2.75) is 64.6 Å². The topological polar surface area (TPSA) is 84.0 Å². The Morgan fingerprint density at radius 3 is 2.30 bits per heavy atom. The highest BCUT2D eigenvalue weighted by Gasteiger charge is 2.39. The fraction of sp³-hybridized carbons (Fsp3) is 0.867. The smallest absolute Gasteiger partial charge is 0.329 e. The van der Waals surface area contributed by atoms with Crippen LogP contribution in [0.1, 0.15) is 47.0 Å². The second-order valence-corrected chi connectivity index (χ2v) is 9.24. The number of ether oxygens (including phenoxy) is 1. The average Bonchev–Trinajstić information content (AvgIpc) is 2.34. The fourth-order valence-corrected chi connectivity index (χ4v) is 2.95. The van der Waals surface area contributed by atoms with Gasteiger partial charge in [0.25, 0.3) is 0 Å². The number of hydrogen-bond acceptors (Lipinski definition) is 5. The highest BCUT2D eigenvalue weighted by molar-refractivity contribution is 7.88. The van der Waals surface area contributed by atoms with Gasteiger partial charge < -0.3 is 9.64 Å². The van der Waals surface area contributed by atoms with Gasteiger partial charge in [-0.2, -0.15) is 4.31 Å². The molecule has 1 rings (SSSR count). The molecule has 23 heavy (non-hydrogen) atoms. The van der Waals surface area contributed by atoms with Crippen LogP contribution in [0.25, 0.3) is 0 Å². The van der Waals surface area contributed by atoms with Crippen molar-refractivity contribution in [3.63, 3.8) is 0 Å². The molecule has 1 heterocycles. The molecular weight excluding hydrogens is 320 g/mol. The highest BCUT2D eigenvalue weighted by Crippen LogP contribution is 2.25. The van der Waals surface area contributed by atoms with Gasteiger partial charge in [-0.15, -0.1) is 0 Å². The van der Waals surface area contributed by atoms with Crippen LogP contribution in [0.15, 0.2) is 0 Å². The zero-order valence-corrected chi connectivity index (χ0v) is 15.6. The first-order chi connectivity index (χ1) is 10.3. The number of carbonyl (C=O) groups excluding carboxylic acids is 2. The maximum absolute atomic E-state index is 12.6. The number of esters is 1. The van der Waals surface area contributed by atoms with Gasteiger partial charge in [0.15, 0.2) is 0 Å². The van der Waals surface area contributed by atoms with Crippen LogP contribution in [0.3, 0.4) is 0 Å². The van der Waals surface area contributed by atoms with Crippen LogP contribution in [-0.2, 0) is 24.3 Å². The molecule has 0 bridgehead atoms. The van der Waals surface area contributed by atoms with E-state index < -0.39 is 27.6 Å². The Kier molecular flexibility index (Phi) is 6.20. The van der Waals surface area contributed by atoms with Gasteiger partial charge >= 0.3 is 5.97 Å². The summed E-state index contributed by atoms with van der Waals surface area (Å²) in [6.45, 7) is 6.93. The van der Waals surface area contributed by atoms with Crippen molar-refractivity contribution in [1.29, 1.82) is 0 Å². The Morgan fingerprint density at radius 2 is 1.83 bits per heavy atom. The van der Waals surface area contributed by atoms with E-state index in [0.717, 1.165) is 23.4 Å². The van der Waals surface area contributed by atoms with E-state index in [1.54, 1.807) is 20.8 Å². The third-order valence-electron chi connectivity index (χ3n) is 3.80. The first-order valence-corrected chi connectivity index (χ1v) is 9.63. The van der Waals surface area contributed by atoms with Crippen molar-refractivity contribution >= 4 is 21.9 Å². The number of rotatable bonds is 4. The molecule has 1 saturated heterocycles. The average molecular weight is 348 g/mol. The second-order valence-electron chi connectivity index (χ2n) is 7.15. The van der Waals surface area contributed by atoms with E-state index in [2.05, 4.69) is 0 Å². The van der Waals surface area contributed by atoms with E-state index in [4.69, 9.17) is 4.74 Å². The summed E-state index contributed by atoms with van der Waals surface area (Å²) in [5.41, 5.74) is -0.629. The molecule has 0 unspecified atom stereocenters. The predicted octanol–water partition coefficient (Wildman–Crippen LogP) is 0.989. The summed E-state index contributed by atoms with van der Waals surface area (Å²) in [5.74, 6) is -0.805. The zero-order valence-electron chi connectivity index (χ0n) is 14.8. The number of piperidine rings is 1. The Balaban J connectivity index is 2.93. The normalized spacial score (nSPS) is 23.0. The molecule has 1 aliphatic rings. The van der Waals surface area contributed by atoms with Crippen molar-refractivity contribution in [2.24, 2.45) is 0 Å². The number of nitrogens with zero attached hydrogens (tertiary/aromatic N) is 2. The van der Waals surface area contributed by atoms with Crippen LogP contribution in [0.4, 0.5) is 0 Å². The van der Waals surface area contributed by atoms with E-state index in [-0.39, 0.29) is 18.5 Å². The van der Waals surface area contributed by atoms with Gasteiger partial charge in [0.1, 0.15) is 11.6 Å². The van der Waals surface area contributed by atoms with Crippen LogP contribution >= 0.6 is 0 Å². The predicted molar refractivity (Wildman–Crippen MR) is 87.3 cm³/mol. The van der Waals surface area contributed by atoms with E-state index in [9.17, 15) is 18.0 Å². The first-order valence-electron chi connectivity index (χ1n) is 7.78.